The number of benzene rings is 1. The van der Waals surface area contributed by atoms with E-state index in [0.29, 0.717) is 62.9 Å². The Morgan fingerprint density at radius 2 is 2.00 bits per heavy atom. The zero-order valence-corrected chi connectivity index (χ0v) is 23.2. The molecular formula is C28H38N4O7. The predicted molar refractivity (Wildman–Crippen MR) is 142 cm³/mol. The molecule has 39 heavy (non-hydrogen) atoms. The molecule has 1 N–H and O–H groups in total. The second-order valence-corrected chi connectivity index (χ2v) is 9.95. The number of hydrogen-bond acceptors (Lipinski definition) is 8. The molecule has 1 fully saturated rings. The van der Waals surface area contributed by atoms with Crippen molar-refractivity contribution >= 4 is 17.7 Å². The number of rotatable bonds is 7. The Labute approximate surface area is 228 Å². The lowest BCUT2D eigenvalue weighted by Gasteiger charge is -2.24. The molecule has 1 aromatic carbocycles. The van der Waals surface area contributed by atoms with E-state index < -0.39 is 0 Å². The van der Waals surface area contributed by atoms with Crippen LogP contribution >= 0.6 is 0 Å². The molecule has 2 atom stereocenters. The van der Waals surface area contributed by atoms with Crippen LogP contribution in [-0.2, 0) is 25.5 Å². The van der Waals surface area contributed by atoms with E-state index >= 15 is 0 Å². The van der Waals surface area contributed by atoms with Gasteiger partial charge in [-0.2, -0.15) is 0 Å². The summed E-state index contributed by atoms with van der Waals surface area (Å²) in [6, 6.07) is 5.38. The number of aromatic nitrogens is 1. The Kier molecular flexibility index (Phi) is 9.45. The molecule has 2 aliphatic heterocycles. The second kappa shape index (κ2) is 13.0. The first-order valence-electron chi connectivity index (χ1n) is 13.5. The van der Waals surface area contributed by atoms with Crippen molar-refractivity contribution in [2.75, 3.05) is 53.1 Å². The molecule has 1 saturated heterocycles. The van der Waals surface area contributed by atoms with Crippen LogP contribution in [0.4, 0.5) is 0 Å². The summed E-state index contributed by atoms with van der Waals surface area (Å²) in [7, 11) is 1.59. The average molecular weight is 543 g/mol. The van der Waals surface area contributed by atoms with Gasteiger partial charge in [0.25, 0.3) is 0 Å². The zero-order chi connectivity index (χ0) is 27.9. The van der Waals surface area contributed by atoms with E-state index in [-0.39, 0.29) is 49.3 Å². The van der Waals surface area contributed by atoms with Crippen LogP contribution in [0.25, 0.3) is 0 Å². The minimum atomic E-state index is -0.329. The van der Waals surface area contributed by atoms with E-state index in [1.54, 1.807) is 16.9 Å². The Morgan fingerprint density at radius 3 is 2.72 bits per heavy atom. The number of nitrogens with zero attached hydrogens (tertiary/aromatic N) is 3. The van der Waals surface area contributed by atoms with Crippen molar-refractivity contribution in [3.05, 3.63) is 40.8 Å². The maximum Gasteiger partial charge on any atom is 0.248 e. The molecule has 11 nitrogen and oxygen atoms in total. The lowest BCUT2D eigenvalue weighted by molar-refractivity contribution is -0.136. The van der Waals surface area contributed by atoms with Crippen molar-refractivity contribution in [2.45, 2.75) is 52.0 Å². The molecule has 11 heteroatoms. The molecule has 3 heterocycles. The highest BCUT2D eigenvalue weighted by atomic mass is 16.5. The number of aryl methyl sites for hydroxylation is 2. The predicted octanol–water partition coefficient (Wildman–Crippen LogP) is 1.99. The first kappa shape index (κ1) is 28.4. The fourth-order valence-electron chi connectivity index (χ4n) is 5.21. The van der Waals surface area contributed by atoms with Gasteiger partial charge >= 0.3 is 0 Å². The number of fused-ring (bicyclic) bond motifs is 4. The van der Waals surface area contributed by atoms with Crippen molar-refractivity contribution < 1.29 is 33.1 Å². The molecule has 1 aromatic heterocycles. The van der Waals surface area contributed by atoms with E-state index in [1.165, 1.54) is 0 Å². The van der Waals surface area contributed by atoms with Gasteiger partial charge in [-0.05, 0) is 51.3 Å². The minimum Gasteiger partial charge on any atom is -0.493 e. The van der Waals surface area contributed by atoms with Crippen LogP contribution in [0.15, 0.2) is 22.7 Å². The Morgan fingerprint density at radius 1 is 1.18 bits per heavy atom. The monoisotopic (exact) mass is 542 g/mol. The Balaban J connectivity index is 1.54. The van der Waals surface area contributed by atoms with E-state index in [9.17, 15) is 14.4 Å². The van der Waals surface area contributed by atoms with Crippen molar-refractivity contribution in [3.63, 3.8) is 0 Å². The first-order valence-corrected chi connectivity index (χ1v) is 13.5. The van der Waals surface area contributed by atoms with E-state index in [1.807, 2.05) is 39.0 Å². The van der Waals surface area contributed by atoms with Crippen molar-refractivity contribution in [1.82, 2.24) is 20.3 Å². The molecule has 0 unspecified atom stereocenters. The molecule has 0 saturated carbocycles. The fourth-order valence-corrected chi connectivity index (χ4v) is 5.21. The molecule has 4 rings (SSSR count). The van der Waals surface area contributed by atoms with Gasteiger partial charge < -0.3 is 33.9 Å². The maximum absolute atomic E-state index is 13.2. The number of likely N-dealkylation sites (tertiary alicyclic amines) is 1. The number of carbonyl (C=O) groups is 3. The number of amides is 3. The number of nitrogens with one attached hydrogen (secondary N) is 1. The summed E-state index contributed by atoms with van der Waals surface area (Å²) in [6.45, 7) is 7.39. The van der Waals surface area contributed by atoms with Crippen LogP contribution in [0.2, 0.25) is 0 Å². The highest BCUT2D eigenvalue weighted by Crippen LogP contribution is 2.35. The summed E-state index contributed by atoms with van der Waals surface area (Å²) >= 11 is 0. The third-order valence-electron chi connectivity index (χ3n) is 7.35. The highest BCUT2D eigenvalue weighted by Gasteiger charge is 2.38. The van der Waals surface area contributed by atoms with E-state index in [4.69, 9.17) is 18.7 Å². The second-order valence-electron chi connectivity index (χ2n) is 9.95. The van der Waals surface area contributed by atoms with Gasteiger partial charge in [0.2, 0.25) is 17.7 Å². The van der Waals surface area contributed by atoms with Crippen LogP contribution in [0.1, 0.15) is 48.3 Å². The molecule has 212 valence electrons. The third-order valence-corrected chi connectivity index (χ3v) is 7.35. The van der Waals surface area contributed by atoms with Gasteiger partial charge in [0.15, 0.2) is 11.5 Å². The SMILES string of the molecule is CCOCC(=O)N1C[C@@H]2NC(=O)CN(C(=O)CCc3c(C)noc3C)CCCOc3cc(ccc3OC)[C@H]2C1. The summed E-state index contributed by atoms with van der Waals surface area (Å²) in [5.41, 5.74) is 2.62. The van der Waals surface area contributed by atoms with Gasteiger partial charge in [-0.1, -0.05) is 11.2 Å². The van der Waals surface area contributed by atoms with Crippen molar-refractivity contribution in [2.24, 2.45) is 0 Å². The molecule has 0 spiro atoms. The van der Waals surface area contributed by atoms with E-state index in [2.05, 4.69) is 10.5 Å². The smallest absolute Gasteiger partial charge is 0.248 e. The summed E-state index contributed by atoms with van der Waals surface area (Å²) in [5.74, 6) is 1.22. The maximum atomic E-state index is 13.2. The number of hydrogen-bond donors (Lipinski definition) is 1. The van der Waals surface area contributed by atoms with Crippen molar-refractivity contribution in [3.8, 4) is 11.5 Å². The Hall–Kier alpha value is -3.60. The van der Waals surface area contributed by atoms with Crippen LogP contribution in [-0.4, -0.2) is 91.8 Å². The molecular weight excluding hydrogens is 504 g/mol. The first-order chi connectivity index (χ1) is 18.8. The van der Waals surface area contributed by atoms with Crippen LogP contribution < -0.4 is 14.8 Å². The largest absolute Gasteiger partial charge is 0.493 e. The quantitative estimate of drug-likeness (QED) is 0.564. The molecule has 3 amide bonds. The van der Waals surface area contributed by atoms with Gasteiger partial charge in [0.05, 0.1) is 32.0 Å². The van der Waals surface area contributed by atoms with Gasteiger partial charge in [0, 0.05) is 44.1 Å². The van der Waals surface area contributed by atoms with Crippen LogP contribution in [0.3, 0.4) is 0 Å². The molecule has 2 aliphatic rings. The van der Waals surface area contributed by atoms with Gasteiger partial charge in [-0.15, -0.1) is 0 Å². The summed E-state index contributed by atoms with van der Waals surface area (Å²) in [6.07, 6.45) is 1.26. The number of carbonyl (C=O) groups excluding carboxylic acids is 3. The average Bonchev–Trinajstić information content (AvgIpc) is 3.49. The summed E-state index contributed by atoms with van der Waals surface area (Å²) < 4.78 is 22.1. The van der Waals surface area contributed by atoms with Crippen LogP contribution in [0, 0.1) is 13.8 Å². The normalized spacial score (nSPS) is 19.7. The van der Waals surface area contributed by atoms with Crippen molar-refractivity contribution in [1.29, 1.82) is 0 Å². The Bertz CT molecular complexity index is 1160. The minimum absolute atomic E-state index is 0.00568. The summed E-state index contributed by atoms with van der Waals surface area (Å²) in [4.78, 5) is 42.5. The lowest BCUT2D eigenvalue weighted by atomic mass is 9.94. The topological polar surface area (TPSA) is 123 Å². The standard InChI is InChI=1S/C28H38N4O7/c1-5-37-17-28(35)32-14-22-20-7-9-24(36-4)25(13-20)38-12-6-11-31(16-26(33)29-23(22)15-32)27(34)10-8-21-18(2)30-39-19(21)3/h7,9,13,22-23H,5-6,8,10-12,14-17H2,1-4H3,(H,29,33)/t22-,23+/m1/s1. The highest BCUT2D eigenvalue weighted by molar-refractivity contribution is 5.85. The number of ether oxygens (including phenoxy) is 3. The number of methoxy groups -OCH3 is 1. The van der Waals surface area contributed by atoms with Gasteiger partial charge in [-0.25, -0.2) is 0 Å². The fraction of sp³-hybridized carbons (Fsp3) is 0.571. The molecule has 2 aromatic rings. The molecule has 0 radical (unpaired) electrons. The lowest BCUT2D eigenvalue weighted by Crippen LogP contribution is -2.47. The zero-order valence-electron chi connectivity index (χ0n) is 23.2. The van der Waals surface area contributed by atoms with Crippen LogP contribution in [0.5, 0.6) is 11.5 Å². The molecule has 2 bridgehead atoms. The van der Waals surface area contributed by atoms with Gasteiger partial charge in [-0.3, -0.25) is 14.4 Å². The van der Waals surface area contributed by atoms with Gasteiger partial charge in [0.1, 0.15) is 12.4 Å². The molecule has 0 aliphatic carbocycles. The summed E-state index contributed by atoms with van der Waals surface area (Å²) in [5, 5.41) is 7.07. The third kappa shape index (κ3) is 6.89. The van der Waals surface area contributed by atoms with E-state index in [0.717, 1.165) is 16.8 Å².